The molecule has 4 aliphatic carbocycles. The van der Waals surface area contributed by atoms with Crippen molar-refractivity contribution in [3.63, 3.8) is 0 Å². The van der Waals surface area contributed by atoms with Gasteiger partial charge >= 0.3 is 0 Å². The van der Waals surface area contributed by atoms with Gasteiger partial charge in [0.2, 0.25) is 5.91 Å². The van der Waals surface area contributed by atoms with E-state index in [9.17, 15) is 4.79 Å². The van der Waals surface area contributed by atoms with E-state index in [0.29, 0.717) is 12.0 Å². The van der Waals surface area contributed by atoms with Gasteiger partial charge in [0.15, 0.2) is 0 Å². The Bertz CT molecular complexity index is 493. The third-order valence-electron chi connectivity index (χ3n) is 6.36. The Hall–Kier alpha value is -1.30. The molecule has 0 spiro atoms. The normalized spacial score (nSPS) is 37.7. The molecule has 0 aromatic carbocycles. The summed E-state index contributed by atoms with van der Waals surface area (Å²) in [7, 11) is 1.81. The molecule has 3 heteroatoms. The van der Waals surface area contributed by atoms with E-state index in [-0.39, 0.29) is 11.8 Å². The molecule has 22 heavy (non-hydrogen) atoms. The summed E-state index contributed by atoms with van der Waals surface area (Å²) in [5.74, 6) is 2.67. The van der Waals surface area contributed by atoms with E-state index in [1.54, 1.807) is 11.9 Å². The molecule has 4 saturated carbocycles. The predicted octanol–water partition coefficient (Wildman–Crippen LogP) is 3.77. The number of amides is 1. The van der Waals surface area contributed by atoms with Gasteiger partial charge < -0.3 is 4.90 Å². The molecule has 1 amide bonds. The van der Waals surface area contributed by atoms with Gasteiger partial charge in [-0.15, -0.1) is 0 Å². The van der Waals surface area contributed by atoms with Crippen LogP contribution >= 0.6 is 0 Å². The second-order valence-corrected chi connectivity index (χ2v) is 8.27. The number of carbonyl (C=O) groups excluding carboxylic acids is 1. The topological polar surface area (TPSA) is 44.1 Å². The molecule has 0 unspecified atom stereocenters. The summed E-state index contributed by atoms with van der Waals surface area (Å²) in [5.41, 5.74) is 1.61. The Morgan fingerprint density at radius 3 is 2.23 bits per heavy atom. The molecule has 0 saturated heterocycles. The molecule has 1 atom stereocenters. The number of hydrogen-bond donors (Lipinski definition) is 0. The van der Waals surface area contributed by atoms with Crippen LogP contribution in [0.15, 0.2) is 11.6 Å². The molecule has 4 fully saturated rings. The first-order valence-electron chi connectivity index (χ1n) is 8.75. The summed E-state index contributed by atoms with van der Waals surface area (Å²) in [5, 5.41) is 8.90. The van der Waals surface area contributed by atoms with Gasteiger partial charge in [-0.05, 0) is 75.5 Å². The quantitative estimate of drug-likeness (QED) is 0.742. The first-order valence-corrected chi connectivity index (χ1v) is 8.75. The molecule has 0 N–H and O–H groups in total. The molecule has 3 nitrogen and oxygen atoms in total. The van der Waals surface area contributed by atoms with E-state index in [1.165, 1.54) is 44.1 Å². The maximum Gasteiger partial charge on any atom is 0.246 e. The third kappa shape index (κ3) is 2.81. The lowest BCUT2D eigenvalue weighted by atomic mass is 9.48. The highest BCUT2D eigenvalue weighted by Crippen LogP contribution is 2.62. The first-order chi connectivity index (χ1) is 10.4. The fourth-order valence-electron chi connectivity index (χ4n) is 5.58. The van der Waals surface area contributed by atoms with Crippen LogP contribution in [0.4, 0.5) is 0 Å². The summed E-state index contributed by atoms with van der Waals surface area (Å²) < 4.78 is 0. The SMILES string of the molecule is C/C(=C/C(=O)N(C)C[C@H](C)C#N)C12CC3CC(CC(C3)C1)C2. The fraction of sp³-hybridized carbons (Fsp3) is 0.789. The average Bonchev–Trinajstić information content (AvgIpc) is 2.45. The van der Waals surface area contributed by atoms with Crippen molar-refractivity contribution in [1.29, 1.82) is 5.26 Å². The van der Waals surface area contributed by atoms with E-state index >= 15 is 0 Å². The second-order valence-electron chi connectivity index (χ2n) is 8.27. The Kier molecular flexibility index (Phi) is 4.05. The second kappa shape index (κ2) is 5.72. The van der Waals surface area contributed by atoms with Crippen molar-refractivity contribution in [2.24, 2.45) is 29.1 Å². The van der Waals surface area contributed by atoms with Crippen molar-refractivity contribution in [2.45, 2.75) is 52.4 Å². The zero-order valence-electron chi connectivity index (χ0n) is 14.1. The lowest BCUT2D eigenvalue weighted by molar-refractivity contribution is -0.125. The van der Waals surface area contributed by atoms with Crippen molar-refractivity contribution in [1.82, 2.24) is 4.90 Å². The van der Waals surface area contributed by atoms with Crippen LogP contribution in [0, 0.1) is 40.4 Å². The van der Waals surface area contributed by atoms with Crippen molar-refractivity contribution < 1.29 is 4.79 Å². The van der Waals surface area contributed by atoms with E-state index in [4.69, 9.17) is 5.26 Å². The molecular formula is C19H28N2O. The number of nitrogens with zero attached hydrogens (tertiary/aromatic N) is 2. The molecule has 0 radical (unpaired) electrons. The van der Waals surface area contributed by atoms with E-state index in [0.717, 1.165) is 17.8 Å². The van der Waals surface area contributed by atoms with Gasteiger partial charge in [-0.1, -0.05) is 5.57 Å². The molecule has 0 aliphatic heterocycles. The molecule has 120 valence electrons. The maximum absolute atomic E-state index is 12.4. The highest BCUT2D eigenvalue weighted by atomic mass is 16.2. The minimum Gasteiger partial charge on any atom is -0.341 e. The number of allylic oxidation sites excluding steroid dienone is 1. The Labute approximate surface area is 134 Å². The summed E-state index contributed by atoms with van der Waals surface area (Å²) in [6.45, 7) is 4.55. The van der Waals surface area contributed by atoms with E-state index in [1.807, 2.05) is 13.0 Å². The van der Waals surface area contributed by atoms with Crippen LogP contribution in [0.5, 0.6) is 0 Å². The molecule has 0 aromatic rings. The predicted molar refractivity (Wildman–Crippen MR) is 86.8 cm³/mol. The summed E-state index contributed by atoms with van der Waals surface area (Å²) >= 11 is 0. The smallest absolute Gasteiger partial charge is 0.246 e. The number of rotatable bonds is 4. The number of carbonyl (C=O) groups is 1. The number of likely N-dealkylation sites (N-methyl/N-ethyl adjacent to an activating group) is 1. The monoisotopic (exact) mass is 300 g/mol. The van der Waals surface area contributed by atoms with Gasteiger partial charge in [0.05, 0.1) is 12.0 Å². The summed E-state index contributed by atoms with van der Waals surface area (Å²) in [6, 6.07) is 2.20. The van der Waals surface area contributed by atoms with Crippen LogP contribution in [-0.2, 0) is 4.79 Å². The Morgan fingerprint density at radius 2 is 1.77 bits per heavy atom. The zero-order chi connectivity index (χ0) is 15.9. The zero-order valence-corrected chi connectivity index (χ0v) is 14.1. The largest absolute Gasteiger partial charge is 0.341 e. The fourth-order valence-corrected chi connectivity index (χ4v) is 5.58. The van der Waals surface area contributed by atoms with E-state index < -0.39 is 0 Å². The molecular weight excluding hydrogens is 272 g/mol. The molecule has 0 aromatic heterocycles. The van der Waals surface area contributed by atoms with E-state index in [2.05, 4.69) is 13.0 Å². The lowest BCUT2D eigenvalue weighted by Gasteiger charge is -2.57. The van der Waals surface area contributed by atoms with Crippen molar-refractivity contribution in [3.05, 3.63) is 11.6 Å². The third-order valence-corrected chi connectivity index (χ3v) is 6.36. The highest BCUT2D eigenvalue weighted by Gasteiger charge is 2.51. The summed E-state index contributed by atoms with van der Waals surface area (Å²) in [6.07, 6.45) is 10.1. The first kappa shape index (κ1) is 15.6. The van der Waals surface area contributed by atoms with Gasteiger partial charge in [0.1, 0.15) is 0 Å². The highest BCUT2D eigenvalue weighted by molar-refractivity contribution is 5.88. The molecule has 0 heterocycles. The number of hydrogen-bond acceptors (Lipinski definition) is 2. The minimum absolute atomic E-state index is 0.0651. The minimum atomic E-state index is -0.109. The van der Waals surface area contributed by atoms with Gasteiger partial charge in [0, 0.05) is 19.7 Å². The van der Waals surface area contributed by atoms with Crippen LogP contribution < -0.4 is 0 Å². The summed E-state index contributed by atoms with van der Waals surface area (Å²) in [4.78, 5) is 14.1. The van der Waals surface area contributed by atoms with Crippen LogP contribution in [0.25, 0.3) is 0 Å². The van der Waals surface area contributed by atoms with Gasteiger partial charge in [-0.3, -0.25) is 4.79 Å². The molecule has 4 bridgehead atoms. The van der Waals surface area contributed by atoms with Crippen LogP contribution in [0.1, 0.15) is 52.4 Å². The van der Waals surface area contributed by atoms with Crippen LogP contribution in [-0.4, -0.2) is 24.4 Å². The maximum atomic E-state index is 12.4. The Morgan fingerprint density at radius 1 is 1.27 bits per heavy atom. The average molecular weight is 300 g/mol. The van der Waals surface area contributed by atoms with Gasteiger partial charge in [-0.2, -0.15) is 5.26 Å². The van der Waals surface area contributed by atoms with Gasteiger partial charge in [0.25, 0.3) is 0 Å². The van der Waals surface area contributed by atoms with Gasteiger partial charge in [-0.25, -0.2) is 0 Å². The lowest BCUT2D eigenvalue weighted by Crippen LogP contribution is -2.46. The standard InChI is InChI=1S/C19H28N2O/c1-13(11-20)12-21(3)18(22)4-14(2)19-8-15-5-16(9-19)7-17(6-15)10-19/h4,13,15-17H,5-10,12H2,1-3H3/b14-4-/t13-,15?,16?,17?,19?/m1/s1. The van der Waals surface area contributed by atoms with Crippen molar-refractivity contribution >= 4 is 5.91 Å². The van der Waals surface area contributed by atoms with Crippen molar-refractivity contribution in [3.8, 4) is 6.07 Å². The molecule has 4 aliphatic rings. The van der Waals surface area contributed by atoms with Crippen molar-refractivity contribution in [2.75, 3.05) is 13.6 Å². The Balaban J connectivity index is 1.72. The number of nitriles is 1. The molecule has 4 rings (SSSR count). The van der Waals surface area contributed by atoms with Crippen LogP contribution in [0.2, 0.25) is 0 Å². The van der Waals surface area contributed by atoms with Crippen LogP contribution in [0.3, 0.4) is 0 Å².